The Labute approximate surface area is 164 Å². The number of amides is 1. The summed E-state index contributed by atoms with van der Waals surface area (Å²) in [4.78, 5) is 13.0. The first-order chi connectivity index (χ1) is 13.7. The minimum atomic E-state index is -0.398. The summed E-state index contributed by atoms with van der Waals surface area (Å²) in [5.41, 5.74) is 0.818. The second-order valence-electron chi connectivity index (χ2n) is 5.93. The van der Waals surface area contributed by atoms with E-state index >= 15 is 0 Å². The SMILES string of the molecule is N#Cc1cccc(C(=O)N2CCSc3nnc(COc4cccc(F)c4)n32)c1. The van der Waals surface area contributed by atoms with E-state index in [-0.39, 0.29) is 12.5 Å². The quantitative estimate of drug-likeness (QED) is 0.675. The molecule has 2 aromatic carbocycles. The first-order valence-electron chi connectivity index (χ1n) is 8.43. The van der Waals surface area contributed by atoms with Crippen molar-refractivity contribution in [3.05, 3.63) is 71.3 Å². The van der Waals surface area contributed by atoms with Crippen LogP contribution in [-0.4, -0.2) is 33.1 Å². The van der Waals surface area contributed by atoms with Gasteiger partial charge in [0.15, 0.2) is 5.82 Å². The molecule has 7 nitrogen and oxygen atoms in total. The molecule has 3 aromatic rings. The number of carbonyl (C=O) groups is 1. The summed E-state index contributed by atoms with van der Waals surface area (Å²) in [6, 6.07) is 14.4. The second kappa shape index (κ2) is 7.70. The molecule has 1 aliphatic rings. The van der Waals surface area contributed by atoms with E-state index in [9.17, 15) is 9.18 Å². The predicted octanol–water partition coefficient (Wildman–Crippen LogP) is 2.75. The maximum Gasteiger partial charge on any atom is 0.272 e. The van der Waals surface area contributed by atoms with E-state index in [2.05, 4.69) is 10.2 Å². The number of thioether (sulfide) groups is 1. The van der Waals surface area contributed by atoms with Gasteiger partial charge in [-0.2, -0.15) is 5.26 Å². The zero-order chi connectivity index (χ0) is 19.5. The smallest absolute Gasteiger partial charge is 0.272 e. The third kappa shape index (κ3) is 3.54. The molecule has 9 heteroatoms. The summed E-state index contributed by atoms with van der Waals surface area (Å²) >= 11 is 1.49. The first-order valence-corrected chi connectivity index (χ1v) is 9.42. The highest BCUT2D eigenvalue weighted by Gasteiger charge is 2.28. The lowest BCUT2D eigenvalue weighted by atomic mass is 10.1. The highest BCUT2D eigenvalue weighted by atomic mass is 32.2. The van der Waals surface area contributed by atoms with Crippen LogP contribution in [0.3, 0.4) is 0 Å². The molecule has 0 spiro atoms. The molecule has 0 N–H and O–H groups in total. The molecular formula is C19H14FN5O2S. The molecule has 0 atom stereocenters. The van der Waals surface area contributed by atoms with E-state index < -0.39 is 5.82 Å². The van der Waals surface area contributed by atoms with Crippen LogP contribution in [0.4, 0.5) is 4.39 Å². The van der Waals surface area contributed by atoms with Gasteiger partial charge in [0, 0.05) is 17.4 Å². The number of hydrogen-bond acceptors (Lipinski definition) is 6. The lowest BCUT2D eigenvalue weighted by Gasteiger charge is -2.29. The zero-order valence-corrected chi connectivity index (χ0v) is 15.4. The van der Waals surface area contributed by atoms with Crippen molar-refractivity contribution >= 4 is 17.7 Å². The van der Waals surface area contributed by atoms with Crippen molar-refractivity contribution in [3.8, 4) is 11.8 Å². The summed E-state index contributed by atoms with van der Waals surface area (Å²) in [7, 11) is 0. The van der Waals surface area contributed by atoms with Gasteiger partial charge in [0.2, 0.25) is 5.16 Å². The fourth-order valence-electron chi connectivity index (χ4n) is 2.81. The van der Waals surface area contributed by atoms with Crippen LogP contribution >= 0.6 is 11.8 Å². The molecule has 0 unspecified atom stereocenters. The number of nitriles is 1. The fraction of sp³-hybridized carbons (Fsp3) is 0.158. The maximum atomic E-state index is 13.3. The van der Waals surface area contributed by atoms with Gasteiger partial charge < -0.3 is 4.74 Å². The molecule has 1 amide bonds. The minimum Gasteiger partial charge on any atom is -0.485 e. The van der Waals surface area contributed by atoms with Gasteiger partial charge in [-0.1, -0.05) is 23.9 Å². The largest absolute Gasteiger partial charge is 0.485 e. The minimum absolute atomic E-state index is 0.0268. The van der Waals surface area contributed by atoms with Crippen LogP contribution in [0.5, 0.6) is 5.75 Å². The van der Waals surface area contributed by atoms with Crippen LogP contribution in [0.2, 0.25) is 0 Å². The van der Waals surface area contributed by atoms with Gasteiger partial charge >= 0.3 is 0 Å². The predicted molar refractivity (Wildman–Crippen MR) is 100 cm³/mol. The average Bonchev–Trinajstić information content (AvgIpc) is 3.15. The van der Waals surface area contributed by atoms with Gasteiger partial charge in [0.1, 0.15) is 18.2 Å². The van der Waals surface area contributed by atoms with E-state index in [0.29, 0.717) is 40.2 Å². The Bertz CT molecular complexity index is 1080. The number of carbonyl (C=O) groups excluding carboxylic acids is 1. The molecule has 1 aromatic heterocycles. The monoisotopic (exact) mass is 395 g/mol. The Balaban J connectivity index is 1.60. The Morgan fingerprint density at radius 2 is 2.11 bits per heavy atom. The lowest BCUT2D eigenvalue weighted by molar-refractivity contribution is 0.0952. The topological polar surface area (TPSA) is 84.0 Å². The van der Waals surface area contributed by atoms with Crippen molar-refractivity contribution < 1.29 is 13.9 Å². The molecule has 4 rings (SSSR count). The molecule has 140 valence electrons. The van der Waals surface area contributed by atoms with E-state index in [4.69, 9.17) is 10.00 Å². The highest BCUT2D eigenvalue weighted by molar-refractivity contribution is 7.99. The van der Waals surface area contributed by atoms with Crippen molar-refractivity contribution in [2.24, 2.45) is 0 Å². The van der Waals surface area contributed by atoms with Crippen molar-refractivity contribution in [2.45, 2.75) is 11.8 Å². The summed E-state index contributed by atoms with van der Waals surface area (Å²) in [5, 5.41) is 19.4. The second-order valence-corrected chi connectivity index (χ2v) is 6.99. The molecule has 0 fully saturated rings. The number of ether oxygens (including phenoxy) is 1. The lowest BCUT2D eigenvalue weighted by Crippen LogP contribution is -2.45. The van der Waals surface area contributed by atoms with Gasteiger partial charge in [0.25, 0.3) is 5.91 Å². The summed E-state index contributed by atoms with van der Waals surface area (Å²) in [6.07, 6.45) is 0. The van der Waals surface area contributed by atoms with E-state index in [1.807, 2.05) is 6.07 Å². The highest BCUT2D eigenvalue weighted by Crippen LogP contribution is 2.24. The van der Waals surface area contributed by atoms with Crippen molar-refractivity contribution in [1.82, 2.24) is 14.9 Å². The van der Waals surface area contributed by atoms with Crippen LogP contribution in [-0.2, 0) is 6.61 Å². The molecule has 0 saturated carbocycles. The Morgan fingerprint density at radius 3 is 2.93 bits per heavy atom. The van der Waals surface area contributed by atoms with Crippen molar-refractivity contribution in [2.75, 3.05) is 17.3 Å². The fourth-order valence-corrected chi connectivity index (χ4v) is 3.68. The number of hydrogen-bond donors (Lipinski definition) is 0. The standard InChI is InChI=1S/C19H14FN5O2S/c20-15-5-2-6-16(10-15)27-12-17-22-23-19-25(17)24(7-8-28-19)18(26)14-4-1-3-13(9-14)11-21/h1-6,9-10H,7-8,12H2. The van der Waals surface area contributed by atoms with Crippen LogP contribution in [0.25, 0.3) is 0 Å². The number of halogens is 1. The molecule has 1 aliphatic heterocycles. The summed E-state index contributed by atoms with van der Waals surface area (Å²) in [5.74, 6) is 0.805. The van der Waals surface area contributed by atoms with Gasteiger partial charge in [-0.25, -0.2) is 14.1 Å². The van der Waals surface area contributed by atoms with Gasteiger partial charge in [-0.3, -0.25) is 4.79 Å². The van der Waals surface area contributed by atoms with Crippen molar-refractivity contribution in [1.29, 1.82) is 5.26 Å². The molecule has 28 heavy (non-hydrogen) atoms. The van der Waals surface area contributed by atoms with E-state index in [1.54, 1.807) is 41.1 Å². The van der Waals surface area contributed by atoms with E-state index in [1.165, 1.54) is 28.9 Å². The molecule has 0 bridgehead atoms. The van der Waals surface area contributed by atoms with Gasteiger partial charge in [-0.15, -0.1) is 10.2 Å². The molecular weight excluding hydrogens is 381 g/mol. The third-order valence-electron chi connectivity index (χ3n) is 4.09. The van der Waals surface area contributed by atoms with Crippen LogP contribution in [0, 0.1) is 17.1 Å². The molecule has 0 aliphatic carbocycles. The normalized spacial score (nSPS) is 12.9. The number of nitrogens with zero attached hydrogens (tertiary/aromatic N) is 5. The molecule has 0 saturated heterocycles. The van der Waals surface area contributed by atoms with Crippen molar-refractivity contribution in [3.63, 3.8) is 0 Å². The zero-order valence-electron chi connectivity index (χ0n) is 14.6. The average molecular weight is 395 g/mol. The maximum absolute atomic E-state index is 13.3. The summed E-state index contributed by atoms with van der Waals surface area (Å²) in [6.45, 7) is 0.483. The number of benzene rings is 2. The molecule has 0 radical (unpaired) electrons. The number of aromatic nitrogens is 3. The Hall–Kier alpha value is -3.38. The summed E-state index contributed by atoms with van der Waals surface area (Å²) < 4.78 is 20.6. The molecule has 2 heterocycles. The van der Waals surface area contributed by atoms with Crippen LogP contribution < -0.4 is 9.75 Å². The number of fused-ring (bicyclic) bond motifs is 1. The Morgan fingerprint density at radius 1 is 1.25 bits per heavy atom. The first kappa shape index (κ1) is 18.0. The Kier molecular flexibility index (Phi) is 4.95. The van der Waals surface area contributed by atoms with E-state index in [0.717, 1.165) is 0 Å². The van der Waals surface area contributed by atoms with Gasteiger partial charge in [-0.05, 0) is 30.3 Å². The third-order valence-corrected chi connectivity index (χ3v) is 4.99. The number of rotatable bonds is 4. The van der Waals surface area contributed by atoms with Gasteiger partial charge in [0.05, 0.1) is 18.2 Å². The van der Waals surface area contributed by atoms with Crippen LogP contribution in [0.1, 0.15) is 21.7 Å². The van der Waals surface area contributed by atoms with Crippen LogP contribution in [0.15, 0.2) is 53.7 Å².